The molecule has 2 fully saturated rings. The number of nitrogens with one attached hydrogen (secondary N) is 1. The molecule has 0 unspecified atom stereocenters. The Bertz CT molecular complexity index is 554. The number of nitrogens with zero attached hydrogens (tertiary/aromatic N) is 5. The van der Waals surface area contributed by atoms with Gasteiger partial charge in [-0.05, 0) is 19.8 Å². The second kappa shape index (κ2) is 8.82. The molecule has 0 bridgehead atoms. The van der Waals surface area contributed by atoms with Crippen molar-refractivity contribution in [1.82, 2.24) is 20.1 Å². The summed E-state index contributed by atoms with van der Waals surface area (Å²) in [5, 5.41) is 11.7. The SMILES string of the molecule is CCOC(=O)N1CCN(c2cnnc(NC3CCCCCC3)n2)CC1. The van der Waals surface area contributed by atoms with Gasteiger partial charge in [0, 0.05) is 32.2 Å². The third-order valence-corrected chi connectivity index (χ3v) is 4.86. The van der Waals surface area contributed by atoms with Gasteiger partial charge in [-0.3, -0.25) is 0 Å². The Morgan fingerprint density at radius 1 is 1.20 bits per heavy atom. The van der Waals surface area contributed by atoms with Gasteiger partial charge in [0.2, 0.25) is 5.95 Å². The molecule has 2 aliphatic rings. The van der Waals surface area contributed by atoms with Gasteiger partial charge < -0.3 is 19.9 Å². The smallest absolute Gasteiger partial charge is 0.409 e. The van der Waals surface area contributed by atoms with Crippen LogP contribution in [0.1, 0.15) is 45.4 Å². The summed E-state index contributed by atoms with van der Waals surface area (Å²) < 4.78 is 5.06. The molecular weight excluding hydrogens is 320 g/mol. The average Bonchev–Trinajstić information content (AvgIpc) is 2.91. The highest BCUT2D eigenvalue weighted by Gasteiger charge is 2.23. The molecule has 3 rings (SSSR count). The summed E-state index contributed by atoms with van der Waals surface area (Å²) in [5.41, 5.74) is 0. The summed E-state index contributed by atoms with van der Waals surface area (Å²) in [5.74, 6) is 1.42. The van der Waals surface area contributed by atoms with Crippen LogP contribution in [0.25, 0.3) is 0 Å². The molecule has 1 aliphatic carbocycles. The van der Waals surface area contributed by atoms with Crippen LogP contribution in [-0.4, -0.2) is 65.0 Å². The first-order valence-electron chi connectivity index (χ1n) is 9.39. The zero-order valence-electron chi connectivity index (χ0n) is 15.0. The van der Waals surface area contributed by atoms with Crippen molar-refractivity contribution in [3.05, 3.63) is 6.20 Å². The van der Waals surface area contributed by atoms with Crippen molar-refractivity contribution in [2.75, 3.05) is 43.0 Å². The van der Waals surface area contributed by atoms with Gasteiger partial charge in [-0.1, -0.05) is 25.7 Å². The minimum Gasteiger partial charge on any atom is -0.450 e. The Morgan fingerprint density at radius 3 is 2.60 bits per heavy atom. The second-order valence-electron chi connectivity index (χ2n) is 6.64. The summed E-state index contributed by atoms with van der Waals surface area (Å²) >= 11 is 0. The largest absolute Gasteiger partial charge is 0.450 e. The van der Waals surface area contributed by atoms with Crippen LogP contribution in [0.15, 0.2) is 6.20 Å². The number of rotatable bonds is 4. The van der Waals surface area contributed by atoms with Crippen molar-refractivity contribution in [3.8, 4) is 0 Å². The van der Waals surface area contributed by atoms with Crippen molar-refractivity contribution in [1.29, 1.82) is 0 Å². The van der Waals surface area contributed by atoms with Crippen molar-refractivity contribution >= 4 is 17.9 Å². The Labute approximate surface area is 149 Å². The number of aromatic nitrogens is 3. The lowest BCUT2D eigenvalue weighted by Gasteiger charge is -2.34. The van der Waals surface area contributed by atoms with Crippen molar-refractivity contribution in [2.24, 2.45) is 0 Å². The molecule has 8 heteroatoms. The monoisotopic (exact) mass is 348 g/mol. The zero-order chi connectivity index (χ0) is 17.5. The van der Waals surface area contributed by atoms with Gasteiger partial charge in [0.25, 0.3) is 0 Å². The number of piperazine rings is 1. The van der Waals surface area contributed by atoms with Gasteiger partial charge in [-0.2, -0.15) is 10.1 Å². The summed E-state index contributed by atoms with van der Waals surface area (Å²) in [6.45, 7) is 4.94. The van der Waals surface area contributed by atoms with E-state index >= 15 is 0 Å². The molecule has 1 amide bonds. The molecule has 0 atom stereocenters. The first kappa shape index (κ1) is 17.7. The number of anilines is 2. The average molecular weight is 348 g/mol. The fourth-order valence-corrected chi connectivity index (χ4v) is 3.45. The van der Waals surface area contributed by atoms with Crippen LogP contribution < -0.4 is 10.2 Å². The number of hydrogen-bond donors (Lipinski definition) is 1. The maximum absolute atomic E-state index is 11.8. The predicted octanol–water partition coefficient (Wildman–Crippen LogP) is 2.28. The van der Waals surface area contributed by atoms with Crippen LogP contribution in [0.5, 0.6) is 0 Å². The minimum atomic E-state index is -0.237. The highest BCUT2D eigenvalue weighted by molar-refractivity contribution is 5.68. The maximum atomic E-state index is 11.8. The van der Waals surface area contributed by atoms with Gasteiger partial charge in [0.1, 0.15) is 0 Å². The molecule has 138 valence electrons. The van der Waals surface area contributed by atoms with Crippen molar-refractivity contribution in [3.63, 3.8) is 0 Å². The Morgan fingerprint density at radius 2 is 1.92 bits per heavy atom. The van der Waals surface area contributed by atoms with Crippen LogP contribution in [0, 0.1) is 0 Å². The molecular formula is C17H28N6O2. The molecule has 1 aromatic rings. The van der Waals surface area contributed by atoms with Crippen molar-refractivity contribution < 1.29 is 9.53 Å². The quantitative estimate of drug-likeness (QED) is 0.836. The van der Waals surface area contributed by atoms with E-state index < -0.39 is 0 Å². The van der Waals surface area contributed by atoms with E-state index in [2.05, 4.69) is 25.4 Å². The lowest BCUT2D eigenvalue weighted by Crippen LogP contribution is -2.49. The highest BCUT2D eigenvalue weighted by atomic mass is 16.6. The Kier molecular flexibility index (Phi) is 6.25. The Hall–Kier alpha value is -2.12. The summed E-state index contributed by atoms with van der Waals surface area (Å²) in [6, 6.07) is 0.445. The topological polar surface area (TPSA) is 83.5 Å². The first-order valence-corrected chi connectivity index (χ1v) is 9.39. The van der Waals surface area contributed by atoms with E-state index in [0.29, 0.717) is 31.7 Å². The summed E-state index contributed by atoms with van der Waals surface area (Å²) in [4.78, 5) is 20.3. The van der Waals surface area contributed by atoms with Crippen LogP contribution in [0.3, 0.4) is 0 Å². The van der Waals surface area contributed by atoms with Gasteiger partial charge >= 0.3 is 6.09 Å². The number of ether oxygens (including phenoxy) is 1. The fraction of sp³-hybridized carbons (Fsp3) is 0.765. The number of hydrogen-bond acceptors (Lipinski definition) is 7. The van der Waals surface area contributed by atoms with E-state index in [4.69, 9.17) is 4.74 Å². The fourth-order valence-electron chi connectivity index (χ4n) is 3.45. The van der Waals surface area contributed by atoms with E-state index in [1.54, 1.807) is 11.1 Å². The van der Waals surface area contributed by atoms with Crippen molar-refractivity contribution in [2.45, 2.75) is 51.5 Å². The second-order valence-corrected chi connectivity index (χ2v) is 6.64. The molecule has 1 aromatic heterocycles. The minimum absolute atomic E-state index is 0.237. The first-order chi connectivity index (χ1) is 12.3. The van der Waals surface area contributed by atoms with E-state index in [0.717, 1.165) is 18.9 Å². The molecule has 0 radical (unpaired) electrons. The lowest BCUT2D eigenvalue weighted by molar-refractivity contribution is 0.105. The summed E-state index contributed by atoms with van der Waals surface area (Å²) in [6.07, 6.45) is 8.97. The molecule has 1 saturated carbocycles. The molecule has 0 aromatic carbocycles. The number of amides is 1. The van der Waals surface area contributed by atoms with E-state index in [1.807, 2.05) is 6.92 Å². The lowest BCUT2D eigenvalue weighted by atomic mass is 10.1. The summed E-state index contributed by atoms with van der Waals surface area (Å²) in [7, 11) is 0. The molecule has 1 N–H and O–H groups in total. The van der Waals surface area contributed by atoms with Gasteiger partial charge in [0.05, 0.1) is 12.8 Å². The van der Waals surface area contributed by atoms with Crippen LogP contribution in [0.2, 0.25) is 0 Å². The number of carbonyl (C=O) groups excluding carboxylic acids is 1. The van der Waals surface area contributed by atoms with Gasteiger partial charge in [0.15, 0.2) is 5.82 Å². The Balaban J connectivity index is 1.55. The predicted molar refractivity (Wildman–Crippen MR) is 95.7 cm³/mol. The third kappa shape index (κ3) is 4.93. The standard InChI is InChI=1S/C17H28N6O2/c1-2-25-17(24)23-11-9-22(10-12-23)15-13-18-21-16(20-15)19-14-7-5-3-4-6-8-14/h13-14H,2-12H2,1H3,(H,19,20,21). The molecule has 1 aliphatic heterocycles. The van der Waals surface area contributed by atoms with E-state index in [9.17, 15) is 4.79 Å². The zero-order valence-corrected chi connectivity index (χ0v) is 15.0. The molecule has 1 saturated heterocycles. The van der Waals surface area contributed by atoms with Gasteiger partial charge in [-0.15, -0.1) is 5.10 Å². The van der Waals surface area contributed by atoms with E-state index in [1.165, 1.54) is 38.5 Å². The van der Waals surface area contributed by atoms with Crippen LogP contribution >= 0.6 is 0 Å². The molecule has 25 heavy (non-hydrogen) atoms. The van der Waals surface area contributed by atoms with Crippen LogP contribution in [0.4, 0.5) is 16.6 Å². The normalized spacial score (nSPS) is 19.4. The van der Waals surface area contributed by atoms with Crippen LogP contribution in [-0.2, 0) is 4.74 Å². The molecule has 8 nitrogen and oxygen atoms in total. The molecule has 2 heterocycles. The molecule has 0 spiro atoms. The third-order valence-electron chi connectivity index (χ3n) is 4.86. The van der Waals surface area contributed by atoms with Gasteiger partial charge in [-0.25, -0.2) is 4.79 Å². The highest BCUT2D eigenvalue weighted by Crippen LogP contribution is 2.20. The maximum Gasteiger partial charge on any atom is 0.409 e. The number of carbonyl (C=O) groups is 1. The van der Waals surface area contributed by atoms with E-state index in [-0.39, 0.29) is 6.09 Å².